The molecule has 0 heterocycles. The Morgan fingerprint density at radius 1 is 1.35 bits per heavy atom. The molecule has 0 saturated heterocycles. The van der Waals surface area contributed by atoms with Gasteiger partial charge in [0.1, 0.15) is 5.82 Å². The van der Waals surface area contributed by atoms with Gasteiger partial charge in [-0.15, -0.1) is 0 Å². The molecule has 1 aromatic rings. The number of carbonyl (C=O) groups excluding carboxylic acids is 1. The summed E-state index contributed by atoms with van der Waals surface area (Å²) in [6.45, 7) is 2.02. The van der Waals surface area contributed by atoms with Crippen molar-refractivity contribution in [1.82, 2.24) is 5.43 Å². The third-order valence-electron chi connectivity index (χ3n) is 2.61. The standard InChI is InChI=1S/C13H13FN2O/c1-9-6-7-10(8-9)15-16-13(17)11-4-2-3-5-12(11)14/h2-5,8H,6-7H2,1H3,(H,16,17)/b15-10+. The lowest BCUT2D eigenvalue weighted by Gasteiger charge is -2.01. The van der Waals surface area contributed by atoms with E-state index in [0.29, 0.717) is 0 Å². The maximum absolute atomic E-state index is 13.3. The summed E-state index contributed by atoms with van der Waals surface area (Å²) in [4.78, 5) is 11.6. The molecule has 0 atom stereocenters. The molecular formula is C13H13FN2O. The Hall–Kier alpha value is -1.97. The van der Waals surface area contributed by atoms with E-state index in [-0.39, 0.29) is 5.56 Å². The van der Waals surface area contributed by atoms with Gasteiger partial charge in [0.2, 0.25) is 0 Å². The molecule has 2 rings (SSSR count). The van der Waals surface area contributed by atoms with Crippen LogP contribution in [0.1, 0.15) is 30.1 Å². The largest absolute Gasteiger partial charge is 0.274 e. The molecule has 0 spiro atoms. The van der Waals surface area contributed by atoms with Crippen LogP contribution in [0.2, 0.25) is 0 Å². The number of rotatable bonds is 2. The second-order valence-corrected chi connectivity index (χ2v) is 4.01. The number of allylic oxidation sites excluding steroid dienone is 2. The molecule has 4 heteroatoms. The van der Waals surface area contributed by atoms with Crippen LogP contribution in [0.15, 0.2) is 41.0 Å². The molecule has 3 nitrogen and oxygen atoms in total. The van der Waals surface area contributed by atoms with Crippen LogP contribution in [0.25, 0.3) is 0 Å². The highest BCUT2D eigenvalue weighted by molar-refractivity contribution is 6.00. The maximum atomic E-state index is 13.3. The van der Waals surface area contributed by atoms with Crippen LogP contribution in [-0.4, -0.2) is 11.6 Å². The Morgan fingerprint density at radius 2 is 2.12 bits per heavy atom. The molecule has 17 heavy (non-hydrogen) atoms. The maximum Gasteiger partial charge on any atom is 0.274 e. The highest BCUT2D eigenvalue weighted by Gasteiger charge is 2.11. The molecule has 0 aromatic heterocycles. The minimum atomic E-state index is -0.539. The molecule has 88 valence electrons. The normalized spacial score (nSPS) is 17.1. The highest BCUT2D eigenvalue weighted by Crippen LogP contribution is 2.14. The van der Waals surface area contributed by atoms with E-state index in [1.165, 1.54) is 17.7 Å². The lowest BCUT2D eigenvalue weighted by Crippen LogP contribution is -2.20. The SMILES string of the molecule is CC1=C/C(=N/NC(=O)c2ccccc2F)CC1. The average molecular weight is 232 g/mol. The number of nitrogens with one attached hydrogen (secondary N) is 1. The molecular weight excluding hydrogens is 219 g/mol. The van der Waals surface area contributed by atoms with Crippen LogP contribution < -0.4 is 5.43 Å². The Bertz CT molecular complexity index is 506. The Labute approximate surface area is 99.0 Å². The van der Waals surface area contributed by atoms with Gasteiger partial charge >= 0.3 is 0 Å². The molecule has 1 aliphatic rings. The van der Waals surface area contributed by atoms with Crippen molar-refractivity contribution in [1.29, 1.82) is 0 Å². The first-order valence-electron chi connectivity index (χ1n) is 5.45. The molecule has 0 saturated carbocycles. The van der Waals surface area contributed by atoms with E-state index in [2.05, 4.69) is 10.5 Å². The first-order valence-corrected chi connectivity index (χ1v) is 5.45. The van der Waals surface area contributed by atoms with E-state index in [1.807, 2.05) is 13.0 Å². The van der Waals surface area contributed by atoms with Gasteiger partial charge in [-0.1, -0.05) is 17.7 Å². The van der Waals surface area contributed by atoms with Gasteiger partial charge < -0.3 is 0 Å². The van der Waals surface area contributed by atoms with Crippen molar-refractivity contribution in [2.45, 2.75) is 19.8 Å². The third kappa shape index (κ3) is 2.78. The molecule has 0 aliphatic heterocycles. The fraction of sp³-hybridized carbons (Fsp3) is 0.231. The van der Waals surface area contributed by atoms with Crippen LogP contribution in [0, 0.1) is 5.82 Å². The molecule has 1 amide bonds. The second kappa shape index (κ2) is 4.91. The summed E-state index contributed by atoms with van der Waals surface area (Å²) < 4.78 is 13.3. The Balaban J connectivity index is 2.06. The number of amides is 1. The van der Waals surface area contributed by atoms with E-state index in [4.69, 9.17) is 0 Å². The Kier molecular flexibility index (Phi) is 3.32. The van der Waals surface area contributed by atoms with Crippen molar-refractivity contribution in [2.75, 3.05) is 0 Å². The number of hydrogen-bond donors (Lipinski definition) is 1. The second-order valence-electron chi connectivity index (χ2n) is 4.01. The van der Waals surface area contributed by atoms with Crippen LogP contribution in [0.4, 0.5) is 4.39 Å². The predicted octanol–water partition coefficient (Wildman–Crippen LogP) is 2.65. The zero-order valence-corrected chi connectivity index (χ0v) is 9.53. The van der Waals surface area contributed by atoms with Crippen molar-refractivity contribution in [2.24, 2.45) is 5.10 Å². The van der Waals surface area contributed by atoms with E-state index in [1.54, 1.807) is 12.1 Å². The van der Waals surface area contributed by atoms with Crippen molar-refractivity contribution in [3.8, 4) is 0 Å². The lowest BCUT2D eigenvalue weighted by atomic mass is 10.2. The minimum absolute atomic E-state index is 0.00977. The van der Waals surface area contributed by atoms with Gasteiger partial charge in [0.25, 0.3) is 5.91 Å². The van der Waals surface area contributed by atoms with Gasteiger partial charge in [0.05, 0.1) is 11.3 Å². The van der Waals surface area contributed by atoms with E-state index in [9.17, 15) is 9.18 Å². The topological polar surface area (TPSA) is 41.5 Å². The van der Waals surface area contributed by atoms with Crippen LogP contribution in [0.5, 0.6) is 0 Å². The number of hydrazone groups is 1. The number of hydrogen-bond acceptors (Lipinski definition) is 2. The molecule has 1 aliphatic carbocycles. The first kappa shape index (κ1) is 11.5. The van der Waals surface area contributed by atoms with Crippen LogP contribution >= 0.6 is 0 Å². The fourth-order valence-electron chi connectivity index (χ4n) is 1.67. The molecule has 0 bridgehead atoms. The molecule has 1 N–H and O–H groups in total. The summed E-state index contributed by atoms with van der Waals surface area (Å²) in [5, 5.41) is 3.97. The van der Waals surface area contributed by atoms with Gasteiger partial charge in [-0.25, -0.2) is 9.82 Å². The summed E-state index contributed by atoms with van der Waals surface area (Å²) in [6, 6.07) is 5.84. The Morgan fingerprint density at radius 3 is 2.76 bits per heavy atom. The van der Waals surface area contributed by atoms with Gasteiger partial charge in [0, 0.05) is 0 Å². The summed E-state index contributed by atoms with van der Waals surface area (Å²) in [5.74, 6) is -1.06. The minimum Gasteiger partial charge on any atom is -0.267 e. The van der Waals surface area contributed by atoms with Gasteiger partial charge in [-0.2, -0.15) is 5.10 Å². The lowest BCUT2D eigenvalue weighted by molar-refractivity contribution is 0.0951. The van der Waals surface area contributed by atoms with Gasteiger partial charge in [0.15, 0.2) is 0 Å². The fourth-order valence-corrected chi connectivity index (χ4v) is 1.67. The first-order chi connectivity index (χ1) is 8.16. The summed E-state index contributed by atoms with van der Waals surface area (Å²) in [6.07, 6.45) is 3.72. The summed E-state index contributed by atoms with van der Waals surface area (Å²) >= 11 is 0. The average Bonchev–Trinajstić information content (AvgIpc) is 2.73. The van der Waals surface area contributed by atoms with E-state index >= 15 is 0 Å². The zero-order valence-electron chi connectivity index (χ0n) is 9.53. The van der Waals surface area contributed by atoms with Gasteiger partial charge in [-0.05, 0) is 38.0 Å². The zero-order chi connectivity index (χ0) is 12.3. The van der Waals surface area contributed by atoms with E-state index < -0.39 is 11.7 Å². The predicted molar refractivity (Wildman–Crippen MR) is 64.3 cm³/mol. The molecule has 0 radical (unpaired) electrons. The van der Waals surface area contributed by atoms with Crippen molar-refractivity contribution in [3.05, 3.63) is 47.3 Å². The highest BCUT2D eigenvalue weighted by atomic mass is 19.1. The number of benzene rings is 1. The third-order valence-corrected chi connectivity index (χ3v) is 2.61. The van der Waals surface area contributed by atoms with Gasteiger partial charge in [-0.3, -0.25) is 4.79 Å². The number of carbonyl (C=O) groups is 1. The van der Waals surface area contributed by atoms with E-state index in [0.717, 1.165) is 18.6 Å². The number of nitrogens with zero attached hydrogens (tertiary/aromatic N) is 1. The molecule has 1 aromatic carbocycles. The monoisotopic (exact) mass is 232 g/mol. The van der Waals surface area contributed by atoms with Crippen molar-refractivity contribution < 1.29 is 9.18 Å². The number of halogens is 1. The quantitative estimate of drug-likeness (QED) is 0.782. The molecule has 0 fully saturated rings. The smallest absolute Gasteiger partial charge is 0.267 e. The van der Waals surface area contributed by atoms with Crippen molar-refractivity contribution >= 4 is 11.6 Å². The van der Waals surface area contributed by atoms with Crippen LogP contribution in [0.3, 0.4) is 0 Å². The summed E-state index contributed by atoms with van der Waals surface area (Å²) in [5.41, 5.74) is 4.44. The molecule has 0 unspecified atom stereocenters. The summed E-state index contributed by atoms with van der Waals surface area (Å²) in [7, 11) is 0. The van der Waals surface area contributed by atoms with Crippen molar-refractivity contribution in [3.63, 3.8) is 0 Å². The van der Waals surface area contributed by atoms with Crippen LogP contribution in [-0.2, 0) is 0 Å².